The van der Waals surface area contributed by atoms with Crippen LogP contribution in [0.25, 0.3) is 11.5 Å². The molecule has 0 atom stereocenters. The van der Waals surface area contributed by atoms with Crippen LogP contribution in [0.15, 0.2) is 27.1 Å². The Hall–Kier alpha value is -1.20. The van der Waals surface area contributed by atoms with E-state index in [1.807, 2.05) is 25.1 Å². The third-order valence-electron chi connectivity index (χ3n) is 2.67. The zero-order chi connectivity index (χ0) is 14.0. The summed E-state index contributed by atoms with van der Waals surface area (Å²) in [6.45, 7) is 8.90. The van der Waals surface area contributed by atoms with Crippen LogP contribution in [0.3, 0.4) is 0 Å². The van der Waals surface area contributed by atoms with Crippen LogP contribution in [0.5, 0.6) is 0 Å². The molecular formula is C14H18BrN3O. The van der Waals surface area contributed by atoms with Crippen molar-refractivity contribution in [3.63, 3.8) is 0 Å². The molecule has 0 unspecified atom stereocenters. The molecule has 1 aromatic carbocycles. The molecule has 1 heterocycles. The molecule has 0 aliphatic rings. The average molecular weight is 324 g/mol. The van der Waals surface area contributed by atoms with Crippen LogP contribution < -0.4 is 5.32 Å². The van der Waals surface area contributed by atoms with Gasteiger partial charge in [0, 0.05) is 15.6 Å². The third kappa shape index (κ3) is 3.88. The van der Waals surface area contributed by atoms with Crippen molar-refractivity contribution >= 4 is 15.9 Å². The Morgan fingerprint density at radius 2 is 2.00 bits per heavy atom. The highest BCUT2D eigenvalue weighted by molar-refractivity contribution is 9.10. The number of hydrogen-bond acceptors (Lipinski definition) is 4. The van der Waals surface area contributed by atoms with Crippen molar-refractivity contribution in [3.8, 4) is 11.5 Å². The summed E-state index contributed by atoms with van der Waals surface area (Å²) in [7, 11) is 0. The normalized spacial score (nSPS) is 11.8. The van der Waals surface area contributed by atoms with E-state index in [4.69, 9.17) is 4.42 Å². The SMILES string of the molecule is Cc1ccc(Br)cc1-c1nnc(CNC(C)(C)C)o1. The van der Waals surface area contributed by atoms with Crippen LogP contribution in [0, 0.1) is 6.92 Å². The Balaban J connectivity index is 2.19. The Morgan fingerprint density at radius 3 is 2.68 bits per heavy atom. The summed E-state index contributed by atoms with van der Waals surface area (Å²) < 4.78 is 6.70. The van der Waals surface area contributed by atoms with Crippen LogP contribution in [-0.4, -0.2) is 15.7 Å². The van der Waals surface area contributed by atoms with Crippen LogP contribution in [0.4, 0.5) is 0 Å². The molecular weight excluding hydrogens is 306 g/mol. The van der Waals surface area contributed by atoms with E-state index in [0.717, 1.165) is 15.6 Å². The Labute approximate surface area is 121 Å². The first kappa shape index (κ1) is 14.2. The smallest absolute Gasteiger partial charge is 0.248 e. The standard InChI is InChI=1S/C14H18BrN3O/c1-9-5-6-10(15)7-11(9)13-18-17-12(19-13)8-16-14(2,3)4/h5-7,16H,8H2,1-4H3. The molecule has 5 heteroatoms. The maximum atomic E-state index is 5.70. The van der Waals surface area contributed by atoms with Gasteiger partial charge in [0.25, 0.3) is 0 Å². The molecule has 0 spiro atoms. The van der Waals surface area contributed by atoms with Gasteiger partial charge in [-0.15, -0.1) is 10.2 Å². The van der Waals surface area contributed by atoms with Gasteiger partial charge in [0.05, 0.1) is 6.54 Å². The second-order valence-corrected chi connectivity index (χ2v) is 6.48. The highest BCUT2D eigenvalue weighted by Crippen LogP contribution is 2.25. The monoisotopic (exact) mass is 323 g/mol. The first-order chi connectivity index (χ1) is 8.85. The number of benzene rings is 1. The number of hydrogen-bond donors (Lipinski definition) is 1. The van der Waals surface area contributed by atoms with E-state index in [1.165, 1.54) is 0 Å². The summed E-state index contributed by atoms with van der Waals surface area (Å²) in [5, 5.41) is 11.5. The summed E-state index contributed by atoms with van der Waals surface area (Å²) >= 11 is 3.46. The number of aromatic nitrogens is 2. The summed E-state index contributed by atoms with van der Waals surface area (Å²) in [5.74, 6) is 1.16. The summed E-state index contributed by atoms with van der Waals surface area (Å²) in [6, 6.07) is 6.01. The maximum absolute atomic E-state index is 5.70. The molecule has 1 N–H and O–H groups in total. The van der Waals surface area contributed by atoms with E-state index < -0.39 is 0 Å². The van der Waals surface area contributed by atoms with E-state index in [9.17, 15) is 0 Å². The number of aryl methyl sites for hydroxylation is 1. The van der Waals surface area contributed by atoms with Crippen molar-refractivity contribution in [3.05, 3.63) is 34.1 Å². The molecule has 1 aromatic heterocycles. The van der Waals surface area contributed by atoms with Crippen molar-refractivity contribution in [1.82, 2.24) is 15.5 Å². The van der Waals surface area contributed by atoms with Gasteiger partial charge >= 0.3 is 0 Å². The van der Waals surface area contributed by atoms with Gasteiger partial charge in [-0.2, -0.15) is 0 Å². The van der Waals surface area contributed by atoms with Gasteiger partial charge in [0.2, 0.25) is 11.8 Å². The predicted octanol–water partition coefficient (Wildman–Crippen LogP) is 3.70. The molecule has 0 bridgehead atoms. The fourth-order valence-electron chi connectivity index (χ4n) is 1.60. The molecule has 0 radical (unpaired) electrons. The molecule has 0 aliphatic carbocycles. The highest BCUT2D eigenvalue weighted by Gasteiger charge is 2.14. The first-order valence-electron chi connectivity index (χ1n) is 6.19. The van der Waals surface area contributed by atoms with Gasteiger partial charge in [0.1, 0.15) is 0 Å². The lowest BCUT2D eigenvalue weighted by Crippen LogP contribution is -2.35. The summed E-state index contributed by atoms with van der Waals surface area (Å²) in [4.78, 5) is 0. The molecule has 2 rings (SSSR count). The van der Waals surface area contributed by atoms with Crippen LogP contribution in [0.2, 0.25) is 0 Å². The van der Waals surface area contributed by atoms with Gasteiger partial charge in [-0.1, -0.05) is 22.0 Å². The fraction of sp³-hybridized carbons (Fsp3) is 0.429. The van der Waals surface area contributed by atoms with Gasteiger partial charge in [-0.3, -0.25) is 0 Å². The van der Waals surface area contributed by atoms with E-state index in [-0.39, 0.29) is 5.54 Å². The minimum absolute atomic E-state index is 0.0281. The molecule has 0 fully saturated rings. The zero-order valence-electron chi connectivity index (χ0n) is 11.6. The molecule has 4 nitrogen and oxygen atoms in total. The lowest BCUT2D eigenvalue weighted by atomic mass is 10.1. The molecule has 0 saturated heterocycles. The second kappa shape index (κ2) is 5.43. The van der Waals surface area contributed by atoms with E-state index in [0.29, 0.717) is 18.3 Å². The van der Waals surface area contributed by atoms with Crippen LogP contribution in [0.1, 0.15) is 32.2 Å². The molecule has 2 aromatic rings. The minimum Gasteiger partial charge on any atom is -0.419 e. The van der Waals surface area contributed by atoms with E-state index in [2.05, 4.69) is 52.2 Å². The number of nitrogens with zero attached hydrogens (tertiary/aromatic N) is 2. The lowest BCUT2D eigenvalue weighted by Gasteiger charge is -2.18. The highest BCUT2D eigenvalue weighted by atomic mass is 79.9. The van der Waals surface area contributed by atoms with Crippen molar-refractivity contribution in [2.45, 2.75) is 39.8 Å². The van der Waals surface area contributed by atoms with Crippen molar-refractivity contribution < 1.29 is 4.42 Å². The average Bonchev–Trinajstić information content (AvgIpc) is 2.77. The fourth-order valence-corrected chi connectivity index (χ4v) is 1.96. The maximum Gasteiger partial charge on any atom is 0.248 e. The third-order valence-corrected chi connectivity index (χ3v) is 3.16. The van der Waals surface area contributed by atoms with Gasteiger partial charge in [-0.05, 0) is 45.4 Å². The number of rotatable bonds is 3. The largest absolute Gasteiger partial charge is 0.419 e. The zero-order valence-corrected chi connectivity index (χ0v) is 13.2. The van der Waals surface area contributed by atoms with Gasteiger partial charge < -0.3 is 9.73 Å². The second-order valence-electron chi connectivity index (χ2n) is 5.56. The number of nitrogens with one attached hydrogen (secondary N) is 1. The summed E-state index contributed by atoms with van der Waals surface area (Å²) in [5.41, 5.74) is 2.10. The van der Waals surface area contributed by atoms with E-state index in [1.54, 1.807) is 0 Å². The molecule has 102 valence electrons. The quantitative estimate of drug-likeness (QED) is 0.935. The van der Waals surface area contributed by atoms with E-state index >= 15 is 0 Å². The van der Waals surface area contributed by atoms with Gasteiger partial charge in [0.15, 0.2) is 0 Å². The Kier molecular flexibility index (Phi) is 4.06. The Morgan fingerprint density at radius 1 is 1.26 bits per heavy atom. The molecule has 0 amide bonds. The van der Waals surface area contributed by atoms with Crippen molar-refractivity contribution in [1.29, 1.82) is 0 Å². The van der Waals surface area contributed by atoms with Crippen LogP contribution >= 0.6 is 15.9 Å². The molecule has 0 aliphatic heterocycles. The molecule has 0 saturated carbocycles. The summed E-state index contributed by atoms with van der Waals surface area (Å²) in [6.07, 6.45) is 0. The minimum atomic E-state index is 0.0281. The topological polar surface area (TPSA) is 51.0 Å². The Bertz CT molecular complexity index is 572. The first-order valence-corrected chi connectivity index (χ1v) is 6.98. The van der Waals surface area contributed by atoms with Gasteiger partial charge in [-0.25, -0.2) is 0 Å². The van der Waals surface area contributed by atoms with Crippen LogP contribution in [-0.2, 0) is 6.54 Å². The van der Waals surface area contributed by atoms with Crippen molar-refractivity contribution in [2.75, 3.05) is 0 Å². The number of halogens is 1. The van der Waals surface area contributed by atoms with Crippen molar-refractivity contribution in [2.24, 2.45) is 0 Å². The lowest BCUT2D eigenvalue weighted by molar-refractivity contribution is 0.383. The predicted molar refractivity (Wildman–Crippen MR) is 78.8 cm³/mol. The molecule has 19 heavy (non-hydrogen) atoms.